The second-order valence-corrected chi connectivity index (χ2v) is 3.42. The van der Waals surface area contributed by atoms with E-state index in [4.69, 9.17) is 5.73 Å². The number of hydrogen-bond acceptors (Lipinski definition) is 2. The Morgan fingerprint density at radius 1 is 1.31 bits per heavy atom. The van der Waals surface area contributed by atoms with Crippen LogP contribution in [0.3, 0.4) is 0 Å². The fraction of sp³-hybridized carbons (Fsp3) is 0.300. The lowest BCUT2D eigenvalue weighted by molar-refractivity contribution is 0.883. The summed E-state index contributed by atoms with van der Waals surface area (Å²) in [7, 11) is 2.02. The number of benzene rings is 1. The molecule has 0 unspecified atom stereocenters. The van der Waals surface area contributed by atoms with Crippen LogP contribution in [0, 0.1) is 13.8 Å². The van der Waals surface area contributed by atoms with Gasteiger partial charge in [-0.05, 0) is 31.5 Å². The van der Waals surface area contributed by atoms with Gasteiger partial charge >= 0.3 is 0 Å². The number of nitrogens with two attached hydrogens (primary N) is 1. The third-order valence-corrected chi connectivity index (χ3v) is 2.41. The van der Waals surface area contributed by atoms with Gasteiger partial charge in [0.15, 0.2) is 0 Å². The van der Waals surface area contributed by atoms with Crippen LogP contribution in [0.15, 0.2) is 12.1 Å². The zero-order valence-corrected chi connectivity index (χ0v) is 8.13. The number of nitrogen functional groups attached to an aromatic ring is 1. The standard InChI is InChI=1S/C10H13N3/c1-6-4-8(11)5-9-10(6)13(3)7(2)12-9/h4-5H,11H2,1-3H3. The van der Waals surface area contributed by atoms with Crippen LogP contribution in [0.1, 0.15) is 11.4 Å². The van der Waals surface area contributed by atoms with Crippen molar-refractivity contribution in [2.45, 2.75) is 13.8 Å². The molecule has 0 amide bonds. The van der Waals surface area contributed by atoms with Gasteiger partial charge in [-0.1, -0.05) is 0 Å². The zero-order valence-electron chi connectivity index (χ0n) is 8.13. The Morgan fingerprint density at radius 2 is 2.00 bits per heavy atom. The van der Waals surface area contributed by atoms with E-state index in [1.165, 1.54) is 11.1 Å². The maximum absolute atomic E-state index is 5.73. The first-order valence-corrected chi connectivity index (χ1v) is 4.29. The molecule has 3 heteroatoms. The molecule has 1 aromatic carbocycles. The zero-order chi connectivity index (χ0) is 9.59. The number of imidazole rings is 1. The van der Waals surface area contributed by atoms with Crippen molar-refractivity contribution in [2.24, 2.45) is 7.05 Å². The maximum Gasteiger partial charge on any atom is 0.106 e. The van der Waals surface area contributed by atoms with Crippen LogP contribution in [-0.2, 0) is 7.05 Å². The van der Waals surface area contributed by atoms with Crippen LogP contribution in [0.5, 0.6) is 0 Å². The van der Waals surface area contributed by atoms with Crippen molar-refractivity contribution >= 4 is 16.7 Å². The van der Waals surface area contributed by atoms with Crippen molar-refractivity contribution in [1.29, 1.82) is 0 Å². The summed E-state index contributed by atoms with van der Waals surface area (Å²) in [4.78, 5) is 4.42. The average Bonchev–Trinajstić information content (AvgIpc) is 2.27. The first-order chi connectivity index (χ1) is 6.09. The largest absolute Gasteiger partial charge is 0.399 e. The summed E-state index contributed by atoms with van der Waals surface area (Å²) in [5.41, 5.74) is 9.85. The van der Waals surface area contributed by atoms with Crippen molar-refractivity contribution in [3.05, 3.63) is 23.5 Å². The Kier molecular flexibility index (Phi) is 1.55. The Labute approximate surface area is 77.2 Å². The number of nitrogens with zero attached hydrogens (tertiary/aromatic N) is 2. The molecule has 0 aliphatic carbocycles. The van der Waals surface area contributed by atoms with Gasteiger partial charge in [-0.25, -0.2) is 4.98 Å². The van der Waals surface area contributed by atoms with Crippen molar-refractivity contribution < 1.29 is 0 Å². The molecule has 1 heterocycles. The SMILES string of the molecule is Cc1cc(N)cc2nc(C)n(C)c12. The van der Waals surface area contributed by atoms with Crippen LogP contribution in [0.4, 0.5) is 5.69 Å². The summed E-state index contributed by atoms with van der Waals surface area (Å²) in [6.45, 7) is 4.05. The van der Waals surface area contributed by atoms with Crippen LogP contribution >= 0.6 is 0 Å². The van der Waals surface area contributed by atoms with E-state index in [-0.39, 0.29) is 0 Å². The van der Waals surface area contributed by atoms with Gasteiger partial charge in [-0.3, -0.25) is 0 Å². The third-order valence-electron chi connectivity index (χ3n) is 2.41. The van der Waals surface area contributed by atoms with E-state index in [1.54, 1.807) is 0 Å². The summed E-state index contributed by atoms with van der Waals surface area (Å²) >= 11 is 0. The predicted molar refractivity (Wildman–Crippen MR) is 54.6 cm³/mol. The van der Waals surface area contributed by atoms with E-state index < -0.39 is 0 Å². The van der Waals surface area contributed by atoms with Crippen molar-refractivity contribution in [1.82, 2.24) is 9.55 Å². The van der Waals surface area contributed by atoms with Crippen molar-refractivity contribution in [3.63, 3.8) is 0 Å². The van der Waals surface area contributed by atoms with E-state index in [0.29, 0.717) is 0 Å². The molecule has 0 atom stereocenters. The lowest BCUT2D eigenvalue weighted by atomic mass is 10.2. The van der Waals surface area contributed by atoms with E-state index in [0.717, 1.165) is 17.0 Å². The lowest BCUT2D eigenvalue weighted by Crippen LogP contribution is -1.93. The fourth-order valence-electron chi connectivity index (χ4n) is 1.72. The lowest BCUT2D eigenvalue weighted by Gasteiger charge is -2.01. The van der Waals surface area contributed by atoms with Crippen molar-refractivity contribution in [3.8, 4) is 0 Å². The van der Waals surface area contributed by atoms with E-state index >= 15 is 0 Å². The quantitative estimate of drug-likeness (QED) is 0.620. The smallest absolute Gasteiger partial charge is 0.106 e. The number of aryl methyl sites for hydroxylation is 3. The minimum Gasteiger partial charge on any atom is -0.399 e. The normalized spacial score (nSPS) is 11.0. The summed E-state index contributed by atoms with van der Waals surface area (Å²) < 4.78 is 2.09. The molecule has 0 bridgehead atoms. The van der Waals surface area contributed by atoms with Gasteiger partial charge in [0.05, 0.1) is 11.0 Å². The molecule has 13 heavy (non-hydrogen) atoms. The molecule has 0 saturated carbocycles. The van der Waals surface area contributed by atoms with Gasteiger partial charge in [0.25, 0.3) is 0 Å². The summed E-state index contributed by atoms with van der Waals surface area (Å²) in [5, 5.41) is 0. The topological polar surface area (TPSA) is 43.8 Å². The molecule has 2 aromatic rings. The molecule has 2 rings (SSSR count). The van der Waals surface area contributed by atoms with Gasteiger partial charge in [0, 0.05) is 12.7 Å². The summed E-state index contributed by atoms with van der Waals surface area (Å²) in [6, 6.07) is 3.89. The molecular weight excluding hydrogens is 162 g/mol. The highest BCUT2D eigenvalue weighted by molar-refractivity contribution is 5.83. The maximum atomic E-state index is 5.73. The van der Waals surface area contributed by atoms with Gasteiger partial charge < -0.3 is 10.3 Å². The molecule has 3 nitrogen and oxygen atoms in total. The molecule has 2 N–H and O–H groups in total. The predicted octanol–water partition coefficient (Wildman–Crippen LogP) is 1.77. The Morgan fingerprint density at radius 3 is 2.69 bits per heavy atom. The Bertz CT molecular complexity index is 468. The number of aromatic nitrogens is 2. The van der Waals surface area contributed by atoms with Crippen LogP contribution in [0.25, 0.3) is 11.0 Å². The Hall–Kier alpha value is -1.51. The molecule has 0 saturated heterocycles. The van der Waals surface area contributed by atoms with Crippen LogP contribution in [0.2, 0.25) is 0 Å². The van der Waals surface area contributed by atoms with Gasteiger partial charge in [0.1, 0.15) is 5.82 Å². The Balaban J connectivity index is 2.94. The number of anilines is 1. The van der Waals surface area contributed by atoms with E-state index in [9.17, 15) is 0 Å². The molecule has 0 spiro atoms. The molecule has 1 aromatic heterocycles. The third kappa shape index (κ3) is 1.08. The summed E-state index contributed by atoms with van der Waals surface area (Å²) in [5.74, 6) is 1.02. The number of rotatable bonds is 0. The first-order valence-electron chi connectivity index (χ1n) is 4.29. The number of fused-ring (bicyclic) bond motifs is 1. The highest BCUT2D eigenvalue weighted by atomic mass is 15.1. The highest BCUT2D eigenvalue weighted by Gasteiger charge is 2.06. The van der Waals surface area contributed by atoms with E-state index in [1.807, 2.05) is 26.1 Å². The van der Waals surface area contributed by atoms with Gasteiger partial charge in [0.2, 0.25) is 0 Å². The average molecular weight is 175 g/mol. The van der Waals surface area contributed by atoms with Crippen LogP contribution in [-0.4, -0.2) is 9.55 Å². The monoisotopic (exact) mass is 175 g/mol. The first kappa shape index (κ1) is 8.10. The van der Waals surface area contributed by atoms with Crippen molar-refractivity contribution in [2.75, 3.05) is 5.73 Å². The fourth-order valence-corrected chi connectivity index (χ4v) is 1.72. The van der Waals surface area contributed by atoms with Crippen LogP contribution < -0.4 is 5.73 Å². The molecule has 68 valence electrons. The summed E-state index contributed by atoms with van der Waals surface area (Å²) in [6.07, 6.45) is 0. The van der Waals surface area contributed by atoms with Gasteiger partial charge in [-0.15, -0.1) is 0 Å². The molecular formula is C10H13N3. The van der Waals surface area contributed by atoms with Gasteiger partial charge in [-0.2, -0.15) is 0 Å². The number of hydrogen-bond donors (Lipinski definition) is 1. The minimum atomic E-state index is 0.781. The molecule has 0 aliphatic heterocycles. The second kappa shape index (κ2) is 2.49. The molecule has 0 radical (unpaired) electrons. The second-order valence-electron chi connectivity index (χ2n) is 3.42. The minimum absolute atomic E-state index is 0.781. The molecule has 0 aliphatic rings. The van der Waals surface area contributed by atoms with E-state index in [2.05, 4.69) is 16.5 Å². The molecule has 0 fully saturated rings. The highest BCUT2D eigenvalue weighted by Crippen LogP contribution is 2.21.